The van der Waals surface area contributed by atoms with E-state index in [1.807, 2.05) is 18.2 Å². The Morgan fingerprint density at radius 1 is 1.21 bits per heavy atom. The van der Waals surface area contributed by atoms with Crippen molar-refractivity contribution >= 4 is 22.4 Å². The van der Waals surface area contributed by atoms with E-state index in [4.69, 9.17) is 5.73 Å². The van der Waals surface area contributed by atoms with Crippen LogP contribution in [-0.4, -0.2) is 10.9 Å². The summed E-state index contributed by atoms with van der Waals surface area (Å²) < 4.78 is 4.27. The van der Waals surface area contributed by atoms with Gasteiger partial charge in [-0.1, -0.05) is 51.1 Å². The Kier molecular flexibility index (Phi) is 4.43. The summed E-state index contributed by atoms with van der Waals surface area (Å²) in [6.07, 6.45) is 0. The molecule has 0 fully saturated rings. The number of nitrogens with two attached hydrogens (primary N) is 1. The van der Waals surface area contributed by atoms with Crippen molar-refractivity contribution in [3.05, 3.63) is 30.3 Å². The topological polar surface area (TPSA) is 50.9 Å². The fourth-order valence-electron chi connectivity index (χ4n) is 1.80. The Hall–Kier alpha value is -1.55. The van der Waals surface area contributed by atoms with Crippen molar-refractivity contribution in [1.82, 2.24) is 4.37 Å². The number of hydrogen-bond donors (Lipinski definition) is 2. The van der Waals surface area contributed by atoms with Gasteiger partial charge in [-0.25, -0.2) is 0 Å². The third kappa shape index (κ3) is 3.26. The summed E-state index contributed by atoms with van der Waals surface area (Å²) in [7, 11) is 0. The number of nitrogen functional groups attached to an aromatic ring is 1. The van der Waals surface area contributed by atoms with Crippen LogP contribution in [0.15, 0.2) is 30.3 Å². The van der Waals surface area contributed by atoms with Crippen molar-refractivity contribution in [1.29, 1.82) is 0 Å². The number of nitrogens with zero attached hydrogens (tertiary/aromatic N) is 1. The van der Waals surface area contributed by atoms with Crippen molar-refractivity contribution in [3.8, 4) is 11.1 Å². The Labute approximate surface area is 119 Å². The lowest BCUT2D eigenvalue weighted by Gasteiger charge is -2.16. The number of nitrogens with one attached hydrogen (secondary N) is 1. The molecule has 102 valence electrons. The smallest absolute Gasteiger partial charge is 0.147 e. The summed E-state index contributed by atoms with van der Waals surface area (Å²) in [5.74, 6) is 1.89. The molecule has 0 bridgehead atoms. The fraction of sp³-hybridized carbons (Fsp3) is 0.400. The van der Waals surface area contributed by atoms with Gasteiger partial charge < -0.3 is 11.1 Å². The van der Waals surface area contributed by atoms with Gasteiger partial charge in [0.2, 0.25) is 0 Å². The van der Waals surface area contributed by atoms with E-state index in [-0.39, 0.29) is 0 Å². The summed E-state index contributed by atoms with van der Waals surface area (Å²) in [4.78, 5) is 0. The van der Waals surface area contributed by atoms with Crippen LogP contribution in [0.1, 0.15) is 20.8 Å². The summed E-state index contributed by atoms with van der Waals surface area (Å²) in [6.45, 7) is 7.68. The van der Waals surface area contributed by atoms with E-state index in [1.54, 1.807) is 0 Å². The van der Waals surface area contributed by atoms with E-state index in [2.05, 4.69) is 42.6 Å². The first-order chi connectivity index (χ1) is 9.09. The van der Waals surface area contributed by atoms with Gasteiger partial charge in [-0.3, -0.25) is 0 Å². The highest BCUT2D eigenvalue weighted by molar-refractivity contribution is 7.11. The predicted octanol–water partition coefficient (Wildman–Crippen LogP) is 4.10. The molecule has 0 saturated carbocycles. The Morgan fingerprint density at radius 2 is 1.89 bits per heavy atom. The van der Waals surface area contributed by atoms with Crippen LogP contribution in [0.25, 0.3) is 11.1 Å². The molecule has 0 amide bonds. The maximum atomic E-state index is 6.00. The minimum Gasteiger partial charge on any atom is -0.382 e. The molecular weight excluding hydrogens is 254 g/mol. The lowest BCUT2D eigenvalue weighted by molar-refractivity contribution is 0.440. The molecule has 0 radical (unpaired) electrons. The first-order valence-electron chi connectivity index (χ1n) is 6.64. The van der Waals surface area contributed by atoms with Crippen molar-refractivity contribution in [2.75, 3.05) is 17.6 Å². The summed E-state index contributed by atoms with van der Waals surface area (Å²) >= 11 is 1.44. The highest BCUT2D eigenvalue weighted by Gasteiger charge is 2.14. The summed E-state index contributed by atoms with van der Waals surface area (Å²) in [5, 5.41) is 4.56. The molecule has 2 aromatic rings. The van der Waals surface area contributed by atoms with E-state index < -0.39 is 0 Å². The lowest BCUT2D eigenvalue weighted by atomic mass is 9.98. The highest BCUT2D eigenvalue weighted by Crippen LogP contribution is 2.36. The Balaban J connectivity index is 2.19. The van der Waals surface area contributed by atoms with E-state index in [1.165, 1.54) is 11.5 Å². The van der Waals surface area contributed by atoms with Crippen LogP contribution < -0.4 is 11.1 Å². The zero-order valence-corrected chi connectivity index (χ0v) is 12.5. The number of benzene rings is 1. The maximum absolute atomic E-state index is 6.00. The molecule has 1 atom stereocenters. The van der Waals surface area contributed by atoms with E-state index in [0.29, 0.717) is 17.7 Å². The van der Waals surface area contributed by atoms with Crippen LogP contribution >= 0.6 is 11.5 Å². The molecule has 2 rings (SSSR count). The molecule has 0 aliphatic carbocycles. The van der Waals surface area contributed by atoms with Crippen LogP contribution in [0.2, 0.25) is 0 Å². The number of hydrogen-bond acceptors (Lipinski definition) is 4. The van der Waals surface area contributed by atoms with Crippen molar-refractivity contribution in [2.45, 2.75) is 20.8 Å². The Bertz CT molecular complexity index is 519. The average molecular weight is 275 g/mol. The number of anilines is 2. The van der Waals surface area contributed by atoms with Crippen LogP contribution in [-0.2, 0) is 0 Å². The first kappa shape index (κ1) is 13.9. The minimum atomic E-state index is 0.607. The van der Waals surface area contributed by atoms with Crippen molar-refractivity contribution in [3.63, 3.8) is 0 Å². The molecule has 4 heteroatoms. The van der Waals surface area contributed by atoms with E-state index in [9.17, 15) is 0 Å². The van der Waals surface area contributed by atoms with Gasteiger partial charge >= 0.3 is 0 Å². The lowest BCUT2D eigenvalue weighted by Crippen LogP contribution is -2.16. The molecular formula is C15H21N3S. The van der Waals surface area contributed by atoms with Crippen LogP contribution in [0.4, 0.5) is 10.8 Å². The standard InChI is InChI=1S/C15H21N3S/c1-10(2)11(3)9-17-15-13(14(16)18-19-15)12-7-5-4-6-8-12/h4-8,10-11,17H,9H2,1-3H3,(H2,16,18). The van der Waals surface area contributed by atoms with E-state index >= 15 is 0 Å². The van der Waals surface area contributed by atoms with Crippen LogP contribution in [0, 0.1) is 11.8 Å². The first-order valence-corrected chi connectivity index (χ1v) is 7.41. The minimum absolute atomic E-state index is 0.607. The second kappa shape index (κ2) is 6.06. The molecule has 0 aliphatic rings. The second-order valence-corrected chi connectivity index (χ2v) is 6.01. The average Bonchev–Trinajstić information content (AvgIpc) is 2.78. The quantitative estimate of drug-likeness (QED) is 0.864. The largest absolute Gasteiger partial charge is 0.382 e. The third-order valence-electron chi connectivity index (χ3n) is 3.50. The van der Waals surface area contributed by atoms with Gasteiger partial charge in [-0.2, -0.15) is 4.37 Å². The molecule has 0 aliphatic heterocycles. The van der Waals surface area contributed by atoms with Crippen LogP contribution in [0.3, 0.4) is 0 Å². The monoisotopic (exact) mass is 275 g/mol. The van der Waals surface area contributed by atoms with Crippen molar-refractivity contribution in [2.24, 2.45) is 11.8 Å². The van der Waals surface area contributed by atoms with Gasteiger partial charge in [-0.05, 0) is 28.9 Å². The molecule has 3 nitrogen and oxygen atoms in total. The SMILES string of the molecule is CC(C)C(C)CNc1snc(N)c1-c1ccccc1. The van der Waals surface area contributed by atoms with Gasteiger partial charge in [0.15, 0.2) is 0 Å². The molecule has 0 saturated heterocycles. The molecule has 1 aromatic heterocycles. The van der Waals surface area contributed by atoms with Crippen LogP contribution in [0.5, 0.6) is 0 Å². The summed E-state index contributed by atoms with van der Waals surface area (Å²) in [6, 6.07) is 10.2. The Morgan fingerprint density at radius 3 is 2.53 bits per heavy atom. The van der Waals surface area contributed by atoms with E-state index in [0.717, 1.165) is 22.7 Å². The third-order valence-corrected chi connectivity index (χ3v) is 4.32. The van der Waals surface area contributed by atoms with Gasteiger partial charge in [0.25, 0.3) is 0 Å². The molecule has 1 heterocycles. The molecule has 19 heavy (non-hydrogen) atoms. The zero-order chi connectivity index (χ0) is 13.8. The second-order valence-electron chi connectivity index (χ2n) is 5.24. The normalized spacial score (nSPS) is 12.6. The number of aromatic nitrogens is 1. The highest BCUT2D eigenvalue weighted by atomic mass is 32.1. The molecule has 1 unspecified atom stereocenters. The zero-order valence-electron chi connectivity index (χ0n) is 11.7. The molecule has 3 N–H and O–H groups in total. The maximum Gasteiger partial charge on any atom is 0.147 e. The van der Waals surface area contributed by atoms with Gasteiger partial charge in [0, 0.05) is 6.54 Å². The molecule has 0 spiro atoms. The fourth-order valence-corrected chi connectivity index (χ4v) is 2.54. The van der Waals surface area contributed by atoms with Crippen molar-refractivity contribution < 1.29 is 0 Å². The van der Waals surface area contributed by atoms with Gasteiger partial charge in [-0.15, -0.1) is 0 Å². The predicted molar refractivity (Wildman–Crippen MR) is 84.5 cm³/mol. The number of rotatable bonds is 5. The van der Waals surface area contributed by atoms with Gasteiger partial charge in [0.05, 0.1) is 5.56 Å². The van der Waals surface area contributed by atoms with Gasteiger partial charge in [0.1, 0.15) is 10.8 Å². The molecule has 1 aromatic carbocycles. The summed E-state index contributed by atoms with van der Waals surface area (Å²) in [5.41, 5.74) is 8.15.